The molecule has 0 unspecified atom stereocenters. The Morgan fingerprint density at radius 1 is 0.471 bits per heavy atom. The molecule has 0 atom stereocenters. The summed E-state index contributed by atoms with van der Waals surface area (Å²) >= 11 is 0. The molecule has 0 spiro atoms. The minimum Gasteiger partial charge on any atom is -0.309 e. The van der Waals surface area contributed by atoms with Gasteiger partial charge in [0, 0.05) is 38.4 Å². The molecule has 4 nitrogen and oxygen atoms in total. The summed E-state index contributed by atoms with van der Waals surface area (Å²) in [5, 5.41) is 4.87. The molecular weight excluding hydrogens is 621 g/mol. The van der Waals surface area contributed by atoms with Crippen LogP contribution in [0.2, 0.25) is 0 Å². The lowest BCUT2D eigenvalue weighted by molar-refractivity contribution is 1.05. The first-order valence-corrected chi connectivity index (χ1v) is 17.5. The van der Waals surface area contributed by atoms with Crippen molar-refractivity contribution in [2.24, 2.45) is 0 Å². The highest BCUT2D eigenvalue weighted by atomic mass is 15.1. The van der Waals surface area contributed by atoms with Crippen molar-refractivity contribution in [1.82, 2.24) is 18.9 Å². The standard InChI is InChI=1S/C47H30N4/c1-3-14-30(15-4-1)44-37-22-9-10-23-38(37)47-49-45(31-16-5-2-6-17-31)48-46(51(44)47)33-19-13-20-34(28-33)50-41-25-12-11-24-39(41)43-40-29-32-18-7-8-21-35(32)36(40)26-27-42(43)50/h1-28H,29H2. The fourth-order valence-corrected chi connectivity index (χ4v) is 8.37. The van der Waals surface area contributed by atoms with Crippen LogP contribution in [0.15, 0.2) is 170 Å². The Kier molecular flexibility index (Phi) is 5.98. The first kappa shape index (κ1) is 28.1. The van der Waals surface area contributed by atoms with E-state index in [9.17, 15) is 0 Å². The Balaban J connectivity index is 1.20. The molecule has 0 bridgehead atoms. The van der Waals surface area contributed by atoms with Gasteiger partial charge in [-0.3, -0.25) is 4.40 Å². The van der Waals surface area contributed by atoms with E-state index in [1.165, 1.54) is 44.1 Å². The predicted octanol–water partition coefficient (Wildman–Crippen LogP) is 11.6. The van der Waals surface area contributed by atoms with E-state index in [1.54, 1.807) is 0 Å². The number of aromatic nitrogens is 4. The van der Waals surface area contributed by atoms with Crippen LogP contribution in [0.5, 0.6) is 0 Å². The van der Waals surface area contributed by atoms with Gasteiger partial charge in [-0.25, -0.2) is 9.97 Å². The number of nitrogens with zero attached hydrogens (tertiary/aromatic N) is 4. The molecule has 4 heteroatoms. The second-order valence-electron chi connectivity index (χ2n) is 13.4. The lowest BCUT2D eigenvalue weighted by Crippen LogP contribution is -2.03. The van der Waals surface area contributed by atoms with Gasteiger partial charge >= 0.3 is 0 Å². The third-order valence-electron chi connectivity index (χ3n) is 10.6. The Hall–Kier alpha value is -6.78. The summed E-state index contributed by atoms with van der Waals surface area (Å²) in [4.78, 5) is 10.6. The third kappa shape index (κ3) is 4.14. The maximum Gasteiger partial charge on any atom is 0.163 e. The summed E-state index contributed by atoms with van der Waals surface area (Å²) in [7, 11) is 0. The van der Waals surface area contributed by atoms with Crippen LogP contribution in [0.25, 0.3) is 89.1 Å². The van der Waals surface area contributed by atoms with E-state index in [0.29, 0.717) is 5.82 Å². The van der Waals surface area contributed by atoms with E-state index in [0.717, 1.165) is 56.7 Å². The van der Waals surface area contributed by atoms with Crippen LogP contribution in [-0.4, -0.2) is 18.9 Å². The van der Waals surface area contributed by atoms with Gasteiger partial charge in [-0.2, -0.15) is 0 Å². The molecule has 51 heavy (non-hydrogen) atoms. The van der Waals surface area contributed by atoms with E-state index < -0.39 is 0 Å². The molecule has 3 heterocycles. The molecular formula is C47H30N4. The zero-order chi connectivity index (χ0) is 33.5. The normalized spacial score (nSPS) is 12.2. The average Bonchev–Trinajstić information content (AvgIpc) is 3.86. The molecule has 238 valence electrons. The number of hydrogen-bond donors (Lipinski definition) is 0. The van der Waals surface area contributed by atoms with Crippen molar-refractivity contribution in [3.05, 3.63) is 181 Å². The Morgan fingerprint density at radius 2 is 1.16 bits per heavy atom. The zero-order valence-corrected chi connectivity index (χ0v) is 27.7. The van der Waals surface area contributed by atoms with Crippen LogP contribution in [-0.2, 0) is 6.42 Å². The van der Waals surface area contributed by atoms with Crippen molar-refractivity contribution in [2.45, 2.75) is 6.42 Å². The predicted molar refractivity (Wildman–Crippen MR) is 209 cm³/mol. The zero-order valence-electron chi connectivity index (χ0n) is 27.7. The number of rotatable bonds is 4. The third-order valence-corrected chi connectivity index (χ3v) is 10.6. The van der Waals surface area contributed by atoms with Crippen molar-refractivity contribution in [2.75, 3.05) is 0 Å². The summed E-state index contributed by atoms with van der Waals surface area (Å²) in [5.74, 6) is 1.56. The lowest BCUT2D eigenvalue weighted by Gasteiger charge is -2.14. The van der Waals surface area contributed by atoms with Gasteiger partial charge in [0.25, 0.3) is 0 Å². The van der Waals surface area contributed by atoms with E-state index in [4.69, 9.17) is 9.97 Å². The van der Waals surface area contributed by atoms with Gasteiger partial charge in [-0.1, -0.05) is 146 Å². The summed E-state index contributed by atoms with van der Waals surface area (Å²) in [5.41, 5.74) is 14.1. The molecule has 11 rings (SSSR count). The second-order valence-corrected chi connectivity index (χ2v) is 13.4. The Labute approximate surface area is 294 Å². The fourth-order valence-electron chi connectivity index (χ4n) is 8.37. The van der Waals surface area contributed by atoms with Crippen LogP contribution in [0.1, 0.15) is 11.1 Å². The number of para-hydroxylation sites is 1. The highest BCUT2D eigenvalue weighted by Crippen LogP contribution is 2.45. The summed E-state index contributed by atoms with van der Waals surface area (Å²) in [6.07, 6.45) is 0.946. The molecule has 0 N–H and O–H groups in total. The van der Waals surface area contributed by atoms with E-state index in [1.807, 2.05) is 18.2 Å². The monoisotopic (exact) mass is 650 g/mol. The topological polar surface area (TPSA) is 35.1 Å². The van der Waals surface area contributed by atoms with Crippen LogP contribution in [0, 0.1) is 0 Å². The number of hydrogen-bond acceptors (Lipinski definition) is 2. The molecule has 0 amide bonds. The minimum atomic E-state index is 0.707. The smallest absolute Gasteiger partial charge is 0.163 e. The summed E-state index contributed by atoms with van der Waals surface area (Å²) in [6.45, 7) is 0. The van der Waals surface area contributed by atoms with Crippen LogP contribution >= 0.6 is 0 Å². The molecule has 3 aromatic heterocycles. The maximum atomic E-state index is 5.38. The molecule has 0 fully saturated rings. The molecule has 1 aliphatic rings. The van der Waals surface area contributed by atoms with E-state index in [-0.39, 0.29) is 0 Å². The molecule has 0 radical (unpaired) electrons. The van der Waals surface area contributed by atoms with Gasteiger partial charge in [-0.05, 0) is 58.5 Å². The van der Waals surface area contributed by atoms with Gasteiger partial charge in [0.2, 0.25) is 0 Å². The minimum absolute atomic E-state index is 0.707. The lowest BCUT2D eigenvalue weighted by atomic mass is 10.0. The van der Waals surface area contributed by atoms with Crippen molar-refractivity contribution in [1.29, 1.82) is 0 Å². The van der Waals surface area contributed by atoms with E-state index in [2.05, 4.69) is 161 Å². The second kappa shape index (κ2) is 10.9. The number of benzene rings is 7. The molecule has 1 aliphatic carbocycles. The first-order chi connectivity index (χ1) is 25.3. The Morgan fingerprint density at radius 3 is 2.00 bits per heavy atom. The van der Waals surface area contributed by atoms with Crippen molar-refractivity contribution in [3.63, 3.8) is 0 Å². The van der Waals surface area contributed by atoms with Crippen molar-refractivity contribution >= 4 is 38.2 Å². The van der Waals surface area contributed by atoms with Crippen LogP contribution in [0.3, 0.4) is 0 Å². The highest BCUT2D eigenvalue weighted by molar-refractivity contribution is 6.13. The number of fused-ring (bicyclic) bond motifs is 10. The fraction of sp³-hybridized carbons (Fsp3) is 0.0213. The Bertz CT molecular complexity index is 2990. The SMILES string of the molecule is c1ccc(-c2nc(-c3cccc(-n4c5ccccc5c5c6c(ccc54)-c4ccccc4C6)c3)n3c(-c4ccccc4)c4ccccc4c3n2)cc1. The molecule has 10 aromatic rings. The molecule has 0 saturated carbocycles. The van der Waals surface area contributed by atoms with Crippen molar-refractivity contribution < 1.29 is 0 Å². The maximum absolute atomic E-state index is 5.38. The van der Waals surface area contributed by atoms with Gasteiger partial charge in [0.1, 0.15) is 11.5 Å². The summed E-state index contributed by atoms with van der Waals surface area (Å²) < 4.78 is 4.69. The average molecular weight is 651 g/mol. The molecule has 0 saturated heterocycles. The van der Waals surface area contributed by atoms with Crippen LogP contribution in [0.4, 0.5) is 0 Å². The van der Waals surface area contributed by atoms with E-state index >= 15 is 0 Å². The van der Waals surface area contributed by atoms with Gasteiger partial charge < -0.3 is 4.57 Å². The highest BCUT2D eigenvalue weighted by Gasteiger charge is 2.25. The largest absolute Gasteiger partial charge is 0.309 e. The van der Waals surface area contributed by atoms with Gasteiger partial charge in [0.15, 0.2) is 5.82 Å². The molecule has 0 aliphatic heterocycles. The van der Waals surface area contributed by atoms with Crippen LogP contribution < -0.4 is 0 Å². The van der Waals surface area contributed by atoms with Crippen molar-refractivity contribution in [3.8, 4) is 50.8 Å². The van der Waals surface area contributed by atoms with Gasteiger partial charge in [-0.15, -0.1) is 0 Å². The first-order valence-electron chi connectivity index (χ1n) is 17.5. The quantitative estimate of drug-likeness (QED) is 0.190. The van der Waals surface area contributed by atoms with Gasteiger partial charge in [0.05, 0.1) is 16.7 Å². The molecule has 7 aromatic carbocycles. The summed E-state index contributed by atoms with van der Waals surface area (Å²) in [6, 6.07) is 60.7.